The summed E-state index contributed by atoms with van der Waals surface area (Å²) in [6.07, 6.45) is 5.78. The first-order chi connectivity index (χ1) is 19.5. The van der Waals surface area contributed by atoms with Crippen LogP contribution in [0.25, 0.3) is 10.9 Å². The average molecular weight is 568 g/mol. The number of fused-ring (bicyclic) bond motifs is 1. The number of carbonyl (C=O) groups is 4. The molecule has 3 amide bonds. The van der Waals surface area contributed by atoms with E-state index in [1.54, 1.807) is 6.20 Å². The molecule has 0 bridgehead atoms. The third-order valence-corrected chi connectivity index (χ3v) is 7.23. The predicted octanol–water partition coefficient (Wildman–Crippen LogP) is 1.63. The standard InChI is InChI=1S/C29H41N7O5/c1-5-17(4)25(30)28(39)35-22(10-16(2)3)26(37)34-23(12-19-14-31-15-33-19)27(38)36-24(29(40)41)11-18-13-32-21-9-7-6-8-20(18)21/h6-9,13-17,22-25,32H,5,10-12,30H2,1-4H3,(H,31,33)(H,34,37)(H,35,39)(H,36,38)(H,40,41). The number of hydrogen-bond donors (Lipinski definition) is 7. The molecule has 0 aliphatic heterocycles. The Labute approximate surface area is 239 Å². The molecule has 8 N–H and O–H groups in total. The predicted molar refractivity (Wildman–Crippen MR) is 155 cm³/mol. The Balaban J connectivity index is 1.79. The van der Waals surface area contributed by atoms with E-state index in [1.165, 1.54) is 12.5 Å². The van der Waals surface area contributed by atoms with E-state index in [0.717, 1.165) is 16.5 Å². The number of aliphatic carboxylic acids is 1. The van der Waals surface area contributed by atoms with Gasteiger partial charge in [0.2, 0.25) is 17.7 Å². The number of aromatic nitrogens is 3. The van der Waals surface area contributed by atoms with Crippen LogP contribution < -0.4 is 21.7 Å². The third kappa shape index (κ3) is 8.65. The normalized spacial score (nSPS) is 15.1. The smallest absolute Gasteiger partial charge is 0.326 e. The molecule has 12 heteroatoms. The minimum atomic E-state index is -1.25. The lowest BCUT2D eigenvalue weighted by Gasteiger charge is -2.26. The Morgan fingerprint density at radius 3 is 2.22 bits per heavy atom. The van der Waals surface area contributed by atoms with E-state index in [1.807, 2.05) is 52.0 Å². The van der Waals surface area contributed by atoms with E-state index < -0.39 is 47.9 Å². The maximum atomic E-state index is 13.5. The molecule has 2 heterocycles. The van der Waals surface area contributed by atoms with Crippen LogP contribution in [0.15, 0.2) is 43.0 Å². The summed E-state index contributed by atoms with van der Waals surface area (Å²) in [6.45, 7) is 7.62. The molecule has 0 aliphatic rings. The van der Waals surface area contributed by atoms with Gasteiger partial charge in [-0.25, -0.2) is 9.78 Å². The summed E-state index contributed by atoms with van der Waals surface area (Å²) < 4.78 is 0. The molecule has 0 aliphatic carbocycles. The first-order valence-electron chi connectivity index (χ1n) is 13.9. The number of hydrogen-bond acceptors (Lipinski definition) is 6. The van der Waals surface area contributed by atoms with Gasteiger partial charge in [-0.2, -0.15) is 0 Å². The number of imidazole rings is 1. The van der Waals surface area contributed by atoms with Crippen LogP contribution in [0.5, 0.6) is 0 Å². The number of nitrogens with zero attached hydrogens (tertiary/aromatic N) is 1. The van der Waals surface area contributed by atoms with Crippen LogP contribution >= 0.6 is 0 Å². The Morgan fingerprint density at radius 1 is 0.927 bits per heavy atom. The number of carbonyl (C=O) groups excluding carboxylic acids is 3. The van der Waals surface area contributed by atoms with E-state index in [9.17, 15) is 24.3 Å². The van der Waals surface area contributed by atoms with Gasteiger partial charge in [-0.3, -0.25) is 14.4 Å². The van der Waals surface area contributed by atoms with Crippen LogP contribution in [-0.4, -0.2) is 67.9 Å². The summed E-state index contributed by atoms with van der Waals surface area (Å²) in [5, 5.41) is 18.9. The first-order valence-corrected chi connectivity index (χ1v) is 13.9. The maximum absolute atomic E-state index is 13.5. The van der Waals surface area contributed by atoms with Crippen molar-refractivity contribution in [1.82, 2.24) is 30.9 Å². The van der Waals surface area contributed by atoms with Gasteiger partial charge in [0.05, 0.1) is 12.4 Å². The van der Waals surface area contributed by atoms with E-state index >= 15 is 0 Å². The summed E-state index contributed by atoms with van der Waals surface area (Å²) in [4.78, 5) is 61.9. The number of nitrogens with two attached hydrogens (primary N) is 1. The summed E-state index contributed by atoms with van der Waals surface area (Å²) in [5.41, 5.74) is 8.24. The third-order valence-electron chi connectivity index (χ3n) is 7.23. The van der Waals surface area contributed by atoms with Gasteiger partial charge in [0, 0.05) is 41.8 Å². The molecular formula is C29H41N7O5. The molecule has 0 fully saturated rings. The lowest BCUT2D eigenvalue weighted by Crippen LogP contribution is -2.58. The number of rotatable bonds is 15. The van der Waals surface area contributed by atoms with Crippen LogP contribution in [0.4, 0.5) is 0 Å². The SMILES string of the molecule is CCC(C)C(N)C(=O)NC(CC(C)C)C(=O)NC(Cc1cnc[nH]1)C(=O)NC(Cc1c[nH]c2ccccc12)C(=O)O. The maximum Gasteiger partial charge on any atom is 0.326 e. The number of carboxylic acids is 1. The van der Waals surface area contributed by atoms with Crippen LogP contribution in [0, 0.1) is 11.8 Å². The van der Waals surface area contributed by atoms with Gasteiger partial charge in [0.25, 0.3) is 0 Å². The van der Waals surface area contributed by atoms with Crippen molar-refractivity contribution in [2.75, 3.05) is 0 Å². The van der Waals surface area contributed by atoms with Gasteiger partial charge >= 0.3 is 5.97 Å². The highest BCUT2D eigenvalue weighted by Gasteiger charge is 2.32. The molecule has 3 aromatic rings. The van der Waals surface area contributed by atoms with Gasteiger partial charge in [0.1, 0.15) is 18.1 Å². The lowest BCUT2D eigenvalue weighted by atomic mass is 9.97. The Morgan fingerprint density at radius 2 is 1.59 bits per heavy atom. The Hall–Kier alpha value is -4.19. The minimum Gasteiger partial charge on any atom is -0.480 e. The second-order valence-electron chi connectivity index (χ2n) is 10.9. The second kappa shape index (κ2) is 14.4. The van der Waals surface area contributed by atoms with Crippen molar-refractivity contribution in [3.8, 4) is 0 Å². The zero-order valence-electron chi connectivity index (χ0n) is 23.9. The van der Waals surface area contributed by atoms with Crippen molar-refractivity contribution in [3.05, 3.63) is 54.2 Å². The quantitative estimate of drug-likeness (QED) is 0.145. The van der Waals surface area contributed by atoms with Crippen LogP contribution in [0.1, 0.15) is 51.8 Å². The molecule has 0 saturated carbocycles. The van der Waals surface area contributed by atoms with Gasteiger partial charge in [-0.1, -0.05) is 52.3 Å². The molecule has 1 aromatic carbocycles. The average Bonchev–Trinajstić information content (AvgIpc) is 3.60. The molecule has 3 rings (SSSR count). The zero-order chi connectivity index (χ0) is 30.1. The van der Waals surface area contributed by atoms with Crippen molar-refractivity contribution in [2.24, 2.45) is 17.6 Å². The fourth-order valence-electron chi connectivity index (χ4n) is 4.57. The monoisotopic (exact) mass is 567 g/mol. The van der Waals surface area contributed by atoms with Crippen molar-refractivity contribution in [3.63, 3.8) is 0 Å². The summed E-state index contributed by atoms with van der Waals surface area (Å²) in [7, 11) is 0. The number of nitrogens with one attached hydrogen (secondary N) is 5. The topological polar surface area (TPSA) is 195 Å². The van der Waals surface area contributed by atoms with Gasteiger partial charge in [-0.15, -0.1) is 0 Å². The number of amides is 3. The number of benzene rings is 1. The van der Waals surface area contributed by atoms with Crippen molar-refractivity contribution >= 4 is 34.6 Å². The largest absolute Gasteiger partial charge is 0.480 e. The molecule has 0 saturated heterocycles. The molecule has 0 radical (unpaired) electrons. The highest BCUT2D eigenvalue weighted by atomic mass is 16.4. The second-order valence-corrected chi connectivity index (χ2v) is 10.9. The molecule has 5 atom stereocenters. The Bertz CT molecular complexity index is 1320. The fraction of sp³-hybridized carbons (Fsp3) is 0.483. The first kappa shape index (κ1) is 31.3. The van der Waals surface area contributed by atoms with Crippen LogP contribution in [0.2, 0.25) is 0 Å². The zero-order valence-corrected chi connectivity index (χ0v) is 23.9. The number of aromatic amines is 2. The van der Waals surface area contributed by atoms with E-state index in [0.29, 0.717) is 18.5 Å². The van der Waals surface area contributed by atoms with Crippen LogP contribution in [0.3, 0.4) is 0 Å². The lowest BCUT2D eigenvalue weighted by molar-refractivity contribution is -0.142. The number of para-hydroxylation sites is 1. The van der Waals surface area contributed by atoms with Crippen LogP contribution in [-0.2, 0) is 32.0 Å². The summed E-state index contributed by atoms with van der Waals surface area (Å²) >= 11 is 0. The Kier molecular flexibility index (Phi) is 11.0. The molecule has 41 heavy (non-hydrogen) atoms. The minimum absolute atomic E-state index is 0.0335. The molecule has 12 nitrogen and oxygen atoms in total. The van der Waals surface area contributed by atoms with Crippen molar-refractivity contribution in [2.45, 2.75) is 77.5 Å². The number of carboxylic acid groups (broad SMARTS) is 1. The molecule has 2 aromatic heterocycles. The molecule has 5 unspecified atom stereocenters. The highest BCUT2D eigenvalue weighted by molar-refractivity contribution is 5.94. The summed E-state index contributed by atoms with van der Waals surface area (Å²) in [6, 6.07) is 3.37. The van der Waals surface area contributed by atoms with Crippen molar-refractivity contribution < 1.29 is 24.3 Å². The molecule has 0 spiro atoms. The highest BCUT2D eigenvalue weighted by Crippen LogP contribution is 2.19. The fourth-order valence-corrected chi connectivity index (χ4v) is 4.57. The van der Waals surface area contributed by atoms with Crippen molar-refractivity contribution in [1.29, 1.82) is 0 Å². The molecule has 222 valence electrons. The number of H-pyrrole nitrogens is 2. The van der Waals surface area contributed by atoms with E-state index in [4.69, 9.17) is 5.73 Å². The van der Waals surface area contributed by atoms with E-state index in [2.05, 4.69) is 30.9 Å². The van der Waals surface area contributed by atoms with E-state index in [-0.39, 0.29) is 24.7 Å². The van der Waals surface area contributed by atoms with Gasteiger partial charge in [-0.05, 0) is 29.9 Å². The molecular weight excluding hydrogens is 526 g/mol. The van der Waals surface area contributed by atoms with Gasteiger partial charge in [0.15, 0.2) is 0 Å². The van der Waals surface area contributed by atoms with Gasteiger partial charge < -0.3 is 36.8 Å². The summed E-state index contributed by atoms with van der Waals surface area (Å²) in [5.74, 6) is -2.92.